The molecule has 18 heavy (non-hydrogen) atoms. The van der Waals surface area contributed by atoms with Crippen molar-refractivity contribution in [3.05, 3.63) is 35.7 Å². The van der Waals surface area contributed by atoms with Crippen molar-refractivity contribution in [3.8, 4) is 5.75 Å². The Morgan fingerprint density at radius 3 is 2.83 bits per heavy atom. The van der Waals surface area contributed by atoms with Crippen molar-refractivity contribution < 1.29 is 10.6 Å². The van der Waals surface area contributed by atoms with E-state index in [1.165, 1.54) is 0 Å². The highest BCUT2D eigenvalue weighted by Crippen LogP contribution is 2.26. The zero-order chi connectivity index (χ0) is 12.7. The number of ether oxygens (including phenoxy) is 1. The lowest BCUT2D eigenvalue weighted by atomic mass is 10.2. The van der Waals surface area contributed by atoms with Crippen LogP contribution in [-0.4, -0.2) is 19.1 Å². The van der Waals surface area contributed by atoms with Crippen LogP contribution in [-0.2, 0) is 6.54 Å². The first kappa shape index (κ1) is 16.9. The Morgan fingerprint density at radius 1 is 1.56 bits per heavy atom. The van der Waals surface area contributed by atoms with Crippen LogP contribution in [0.15, 0.2) is 27.7 Å². The van der Waals surface area contributed by atoms with Crippen molar-refractivity contribution in [1.82, 2.24) is 0 Å². The fourth-order valence-corrected chi connectivity index (χ4v) is 1.75. The minimum atomic E-state index is -0.361. The van der Waals surface area contributed by atoms with E-state index in [-0.39, 0.29) is 15.5 Å². The molecule has 2 N–H and O–H groups in total. The monoisotopic (exact) mass is 319 g/mol. The molecule has 0 unspecified atom stereocenters. The smallest absolute Gasteiger partial charge is 0.133 e. The Morgan fingerprint density at radius 2 is 2.28 bits per heavy atom. The summed E-state index contributed by atoms with van der Waals surface area (Å²) in [5.74, 6) is 1.28. The maximum absolute atomic E-state index is 11.9. The van der Waals surface area contributed by atoms with E-state index in [2.05, 4.69) is 20.9 Å². The lowest BCUT2D eigenvalue weighted by Gasteiger charge is -2.08. The van der Waals surface area contributed by atoms with Gasteiger partial charge in [-0.3, -0.25) is 9.38 Å². The van der Waals surface area contributed by atoms with Crippen molar-refractivity contribution in [1.29, 1.82) is 0 Å². The predicted octanol–water partition coefficient (Wildman–Crippen LogP) is 3.76. The van der Waals surface area contributed by atoms with Crippen LogP contribution in [0.3, 0.4) is 0 Å². The van der Waals surface area contributed by atoms with E-state index in [1.54, 1.807) is 6.92 Å². The number of halogens is 2. The molecule has 0 aliphatic heterocycles. The van der Waals surface area contributed by atoms with E-state index in [0.29, 0.717) is 25.4 Å². The third kappa shape index (κ3) is 6.00. The Labute approximate surface area is 118 Å². The second kappa shape index (κ2) is 8.91. The lowest BCUT2D eigenvalue weighted by molar-refractivity contribution is 0.288. The number of nitrogens with zero attached hydrogens (tertiary/aromatic N) is 1. The number of nitrogens with two attached hydrogens (primary N) is 1. The topological polar surface area (TPSA) is 47.6 Å². The number of rotatable bonds is 6. The number of aliphatic imine (C=N–C) groups is 1. The van der Waals surface area contributed by atoms with Gasteiger partial charge in [-0.25, -0.2) is 0 Å². The van der Waals surface area contributed by atoms with E-state index >= 15 is 0 Å². The van der Waals surface area contributed by atoms with Gasteiger partial charge in [0.15, 0.2) is 0 Å². The van der Waals surface area contributed by atoms with Crippen LogP contribution in [0.2, 0.25) is 0 Å². The van der Waals surface area contributed by atoms with Gasteiger partial charge in [-0.15, -0.1) is 0 Å². The maximum Gasteiger partial charge on any atom is 0.133 e. The standard InChI is InChI=1S/C12H16BrFN2O.CH3.H2/c1-9(15)16-8-10-3-4-12(11(13)7-10)17-6-2-5-14;;/h3-4,7H,2,5-6,8H2,1H3,(H2,15,16);1H3;1H/q;-1;. The lowest BCUT2D eigenvalue weighted by Crippen LogP contribution is -2.05. The summed E-state index contributed by atoms with van der Waals surface area (Å²) in [6.07, 6.45) is 0.408. The average molecular weight is 320 g/mol. The van der Waals surface area contributed by atoms with Crippen LogP contribution < -0.4 is 10.5 Å². The molecule has 0 saturated heterocycles. The molecule has 3 nitrogen and oxygen atoms in total. The zero-order valence-corrected chi connectivity index (χ0v) is 12.3. The average Bonchev–Trinajstić information content (AvgIpc) is 2.29. The van der Waals surface area contributed by atoms with Gasteiger partial charge in [0.05, 0.1) is 30.1 Å². The molecule has 0 atom stereocenters. The first-order valence-electron chi connectivity index (χ1n) is 5.37. The summed E-state index contributed by atoms with van der Waals surface area (Å²) in [4.78, 5) is 4.12. The summed E-state index contributed by atoms with van der Waals surface area (Å²) in [5, 5.41) is 0. The number of alkyl halides is 1. The third-order valence-corrected chi connectivity index (χ3v) is 2.66. The Balaban J connectivity index is 0. The van der Waals surface area contributed by atoms with Gasteiger partial charge in [-0.2, -0.15) is 0 Å². The SMILES string of the molecule is CC(N)=NCc1ccc(OCCCF)c(Br)c1.[CH3-].[HH]. The molecule has 0 bridgehead atoms. The van der Waals surface area contributed by atoms with Crippen molar-refractivity contribution in [2.24, 2.45) is 10.7 Å². The fraction of sp³-hybridized carbons (Fsp3) is 0.385. The number of benzene rings is 1. The molecular weight excluding hydrogens is 299 g/mol. The molecule has 0 aliphatic carbocycles. The van der Waals surface area contributed by atoms with Crippen LogP contribution in [0.1, 0.15) is 20.3 Å². The molecule has 0 heterocycles. The summed E-state index contributed by atoms with van der Waals surface area (Å²) in [6.45, 7) is 2.32. The minimum Gasteiger partial charge on any atom is -0.492 e. The molecule has 5 heteroatoms. The van der Waals surface area contributed by atoms with Crippen molar-refractivity contribution in [3.63, 3.8) is 0 Å². The summed E-state index contributed by atoms with van der Waals surface area (Å²) in [7, 11) is 0. The molecule has 0 amide bonds. The second-order valence-electron chi connectivity index (χ2n) is 3.61. The van der Waals surface area contributed by atoms with E-state index in [4.69, 9.17) is 10.5 Å². The van der Waals surface area contributed by atoms with Gasteiger partial charge in [0.2, 0.25) is 0 Å². The first-order chi connectivity index (χ1) is 8.13. The highest BCUT2D eigenvalue weighted by molar-refractivity contribution is 9.10. The first-order valence-corrected chi connectivity index (χ1v) is 6.16. The molecule has 104 valence electrons. The van der Waals surface area contributed by atoms with Crippen molar-refractivity contribution >= 4 is 21.8 Å². The highest BCUT2D eigenvalue weighted by Gasteiger charge is 2.02. The summed E-state index contributed by atoms with van der Waals surface area (Å²) in [6, 6.07) is 5.69. The molecule has 0 radical (unpaired) electrons. The van der Waals surface area contributed by atoms with E-state index < -0.39 is 0 Å². The Kier molecular flexibility index (Phi) is 8.37. The van der Waals surface area contributed by atoms with Crippen LogP contribution in [0, 0.1) is 7.43 Å². The Hall–Kier alpha value is -1.10. The molecule has 1 rings (SSSR count). The molecule has 0 aromatic heterocycles. The van der Waals surface area contributed by atoms with E-state index in [9.17, 15) is 4.39 Å². The molecule has 0 saturated carbocycles. The van der Waals surface area contributed by atoms with Crippen LogP contribution in [0.5, 0.6) is 5.75 Å². The molecule has 0 spiro atoms. The van der Waals surface area contributed by atoms with Gasteiger partial charge in [0.1, 0.15) is 5.75 Å². The third-order valence-electron chi connectivity index (χ3n) is 2.04. The Bertz CT molecular complexity index is 398. The second-order valence-corrected chi connectivity index (χ2v) is 4.47. The van der Waals surface area contributed by atoms with Gasteiger partial charge >= 0.3 is 0 Å². The predicted molar refractivity (Wildman–Crippen MR) is 79.8 cm³/mol. The maximum atomic E-state index is 11.9. The molecule has 1 aromatic carbocycles. The number of amidine groups is 1. The minimum absolute atomic E-state index is 0. The highest BCUT2D eigenvalue weighted by atomic mass is 79.9. The van der Waals surface area contributed by atoms with E-state index in [1.807, 2.05) is 18.2 Å². The summed E-state index contributed by atoms with van der Waals surface area (Å²) in [5.41, 5.74) is 6.51. The van der Waals surface area contributed by atoms with Crippen molar-refractivity contribution in [2.45, 2.75) is 19.9 Å². The largest absolute Gasteiger partial charge is 0.492 e. The number of hydrogen-bond acceptors (Lipinski definition) is 2. The fourth-order valence-electron chi connectivity index (χ4n) is 1.21. The normalized spacial score (nSPS) is 10.9. The van der Waals surface area contributed by atoms with Gasteiger partial charge < -0.3 is 17.9 Å². The van der Waals surface area contributed by atoms with Gasteiger partial charge in [0.25, 0.3) is 0 Å². The van der Waals surface area contributed by atoms with Crippen LogP contribution in [0.4, 0.5) is 4.39 Å². The molecule has 0 fully saturated rings. The summed E-state index contributed by atoms with van der Waals surface area (Å²) < 4.78 is 18.2. The molecule has 1 aromatic rings. The van der Waals surface area contributed by atoms with Gasteiger partial charge in [-0.1, -0.05) is 6.07 Å². The van der Waals surface area contributed by atoms with Gasteiger partial charge in [-0.05, 0) is 40.5 Å². The van der Waals surface area contributed by atoms with Crippen LogP contribution in [0.25, 0.3) is 0 Å². The molecule has 0 aliphatic rings. The molecular formula is C13H21BrFN2O-. The van der Waals surface area contributed by atoms with Gasteiger partial charge in [0, 0.05) is 7.85 Å². The summed E-state index contributed by atoms with van der Waals surface area (Å²) >= 11 is 3.41. The zero-order valence-electron chi connectivity index (χ0n) is 10.7. The quantitative estimate of drug-likeness (QED) is 0.375. The van der Waals surface area contributed by atoms with Crippen LogP contribution >= 0.6 is 15.9 Å². The number of hydrogen-bond donors (Lipinski definition) is 1. The van der Waals surface area contributed by atoms with Crippen molar-refractivity contribution in [2.75, 3.05) is 13.3 Å². The van der Waals surface area contributed by atoms with E-state index in [0.717, 1.165) is 15.8 Å².